The Balaban J connectivity index is 1.91. The van der Waals surface area contributed by atoms with E-state index in [1.165, 1.54) is 16.9 Å². The van der Waals surface area contributed by atoms with Crippen molar-refractivity contribution in [3.63, 3.8) is 0 Å². The van der Waals surface area contributed by atoms with E-state index in [2.05, 4.69) is 10.4 Å². The van der Waals surface area contributed by atoms with Crippen LogP contribution in [0.15, 0.2) is 36.5 Å². The number of hydrogen-bond acceptors (Lipinski definition) is 4. The third kappa shape index (κ3) is 4.16. The van der Waals surface area contributed by atoms with Gasteiger partial charge < -0.3 is 15.8 Å². The third-order valence-corrected chi connectivity index (χ3v) is 3.05. The van der Waals surface area contributed by atoms with Gasteiger partial charge in [0.1, 0.15) is 12.2 Å². The first kappa shape index (κ1) is 15.7. The highest BCUT2D eigenvalue weighted by Crippen LogP contribution is 2.06. The van der Waals surface area contributed by atoms with Crippen LogP contribution in [-0.2, 0) is 29.2 Å². The van der Waals surface area contributed by atoms with Gasteiger partial charge in [-0.25, -0.2) is 0 Å². The first-order valence-electron chi connectivity index (χ1n) is 6.75. The molecule has 0 aliphatic carbocycles. The number of methoxy groups -OCH3 is 1. The molecular weight excluding hydrogens is 284 g/mol. The van der Waals surface area contributed by atoms with Gasteiger partial charge >= 0.3 is 0 Å². The molecule has 0 atom stereocenters. The minimum absolute atomic E-state index is 0.0525. The average Bonchev–Trinajstić information content (AvgIpc) is 2.94. The molecule has 2 rings (SSSR count). The molecule has 0 bridgehead atoms. The van der Waals surface area contributed by atoms with Gasteiger partial charge in [0.15, 0.2) is 0 Å². The van der Waals surface area contributed by atoms with Crippen molar-refractivity contribution in [2.45, 2.75) is 19.7 Å². The topological polar surface area (TPSA) is 99.2 Å². The van der Waals surface area contributed by atoms with Crippen LogP contribution in [0.3, 0.4) is 0 Å². The van der Waals surface area contributed by atoms with Crippen LogP contribution in [0.2, 0.25) is 0 Å². The molecule has 0 aliphatic heterocycles. The van der Waals surface area contributed by atoms with Crippen LogP contribution in [0, 0.1) is 0 Å². The first-order valence-corrected chi connectivity index (χ1v) is 6.75. The number of rotatable bonds is 7. The minimum atomic E-state index is -0.613. The quantitative estimate of drug-likeness (QED) is 0.775. The SMILES string of the molecule is COCc1cccc(CNC(=O)Cn2nccc2C(N)=O)c1. The van der Waals surface area contributed by atoms with Crippen molar-refractivity contribution in [3.8, 4) is 0 Å². The number of ether oxygens (including phenoxy) is 1. The first-order chi connectivity index (χ1) is 10.6. The zero-order valence-electron chi connectivity index (χ0n) is 12.3. The van der Waals surface area contributed by atoms with E-state index in [0.29, 0.717) is 13.2 Å². The smallest absolute Gasteiger partial charge is 0.266 e. The number of hydrogen-bond donors (Lipinski definition) is 2. The monoisotopic (exact) mass is 302 g/mol. The third-order valence-electron chi connectivity index (χ3n) is 3.05. The molecule has 0 spiro atoms. The Morgan fingerprint density at radius 2 is 2.09 bits per heavy atom. The zero-order valence-corrected chi connectivity index (χ0v) is 12.3. The van der Waals surface area contributed by atoms with Crippen LogP contribution >= 0.6 is 0 Å². The molecule has 0 radical (unpaired) electrons. The predicted molar refractivity (Wildman–Crippen MR) is 79.7 cm³/mol. The molecular formula is C15H18N4O3. The summed E-state index contributed by atoms with van der Waals surface area (Å²) >= 11 is 0. The number of nitrogens with one attached hydrogen (secondary N) is 1. The number of primary amides is 1. The van der Waals surface area contributed by atoms with Gasteiger partial charge in [-0.3, -0.25) is 14.3 Å². The van der Waals surface area contributed by atoms with E-state index in [9.17, 15) is 9.59 Å². The molecule has 1 aromatic heterocycles. The summed E-state index contributed by atoms with van der Waals surface area (Å²) in [5.74, 6) is -0.860. The van der Waals surface area contributed by atoms with Gasteiger partial charge in [-0.15, -0.1) is 0 Å². The summed E-state index contributed by atoms with van der Waals surface area (Å²) < 4.78 is 6.35. The lowest BCUT2D eigenvalue weighted by Gasteiger charge is -2.08. The lowest BCUT2D eigenvalue weighted by atomic mass is 10.1. The van der Waals surface area contributed by atoms with Crippen molar-refractivity contribution in [2.24, 2.45) is 5.73 Å². The lowest BCUT2D eigenvalue weighted by Crippen LogP contribution is -2.29. The fraction of sp³-hybridized carbons (Fsp3) is 0.267. The zero-order chi connectivity index (χ0) is 15.9. The summed E-state index contributed by atoms with van der Waals surface area (Å²) in [4.78, 5) is 23.1. The van der Waals surface area contributed by atoms with Gasteiger partial charge in [-0.05, 0) is 17.2 Å². The summed E-state index contributed by atoms with van der Waals surface area (Å²) in [5.41, 5.74) is 7.42. The van der Waals surface area contributed by atoms with Gasteiger partial charge in [0.2, 0.25) is 5.91 Å². The number of benzene rings is 1. The van der Waals surface area contributed by atoms with Gasteiger partial charge in [-0.2, -0.15) is 5.10 Å². The summed E-state index contributed by atoms with van der Waals surface area (Å²) in [6.07, 6.45) is 1.43. The molecule has 0 saturated heterocycles. The van der Waals surface area contributed by atoms with E-state index in [0.717, 1.165) is 11.1 Å². The average molecular weight is 302 g/mol. The van der Waals surface area contributed by atoms with E-state index < -0.39 is 5.91 Å². The number of carbonyl (C=O) groups is 2. The Morgan fingerprint density at radius 1 is 1.32 bits per heavy atom. The molecule has 3 N–H and O–H groups in total. The van der Waals surface area contributed by atoms with Crippen molar-refractivity contribution >= 4 is 11.8 Å². The van der Waals surface area contributed by atoms with E-state index in [1.54, 1.807) is 7.11 Å². The Bertz CT molecular complexity index is 666. The number of amides is 2. The van der Waals surface area contributed by atoms with E-state index in [4.69, 9.17) is 10.5 Å². The highest BCUT2D eigenvalue weighted by atomic mass is 16.5. The molecule has 0 fully saturated rings. The Morgan fingerprint density at radius 3 is 2.82 bits per heavy atom. The molecule has 1 heterocycles. The Hall–Kier alpha value is -2.67. The van der Waals surface area contributed by atoms with Crippen LogP contribution in [0.4, 0.5) is 0 Å². The molecule has 1 aromatic carbocycles. The van der Waals surface area contributed by atoms with Gasteiger partial charge in [0, 0.05) is 19.9 Å². The van der Waals surface area contributed by atoms with E-state index >= 15 is 0 Å². The minimum Gasteiger partial charge on any atom is -0.380 e. The van der Waals surface area contributed by atoms with Crippen molar-refractivity contribution in [1.82, 2.24) is 15.1 Å². The molecule has 7 heteroatoms. The number of aromatic nitrogens is 2. The second kappa shape index (κ2) is 7.37. The Kier molecular flexibility index (Phi) is 5.26. The normalized spacial score (nSPS) is 10.4. The molecule has 0 unspecified atom stereocenters. The highest BCUT2D eigenvalue weighted by molar-refractivity contribution is 5.91. The molecule has 2 amide bonds. The summed E-state index contributed by atoms with van der Waals surface area (Å²) in [5, 5.41) is 6.69. The van der Waals surface area contributed by atoms with Gasteiger partial charge in [-0.1, -0.05) is 24.3 Å². The number of nitrogens with two attached hydrogens (primary N) is 1. The molecule has 7 nitrogen and oxygen atoms in total. The fourth-order valence-corrected chi connectivity index (χ4v) is 2.06. The maximum atomic E-state index is 11.9. The van der Waals surface area contributed by atoms with Crippen molar-refractivity contribution in [1.29, 1.82) is 0 Å². The van der Waals surface area contributed by atoms with Crippen LogP contribution in [-0.4, -0.2) is 28.7 Å². The van der Waals surface area contributed by atoms with Crippen LogP contribution in [0.25, 0.3) is 0 Å². The lowest BCUT2D eigenvalue weighted by molar-refractivity contribution is -0.122. The number of carbonyl (C=O) groups excluding carboxylic acids is 2. The summed E-state index contributed by atoms with van der Waals surface area (Å²) in [7, 11) is 1.63. The van der Waals surface area contributed by atoms with Gasteiger partial charge in [0.05, 0.1) is 6.61 Å². The molecule has 0 saturated carbocycles. The van der Waals surface area contributed by atoms with Crippen molar-refractivity contribution in [3.05, 3.63) is 53.3 Å². The van der Waals surface area contributed by atoms with Crippen LogP contribution in [0.1, 0.15) is 21.6 Å². The van der Waals surface area contributed by atoms with Crippen LogP contribution in [0.5, 0.6) is 0 Å². The molecule has 116 valence electrons. The summed E-state index contributed by atoms with van der Waals surface area (Å²) in [6, 6.07) is 9.23. The van der Waals surface area contributed by atoms with Crippen molar-refractivity contribution in [2.75, 3.05) is 7.11 Å². The largest absolute Gasteiger partial charge is 0.380 e. The van der Waals surface area contributed by atoms with E-state index in [-0.39, 0.29) is 18.1 Å². The molecule has 0 aliphatic rings. The molecule has 22 heavy (non-hydrogen) atoms. The second-order valence-electron chi connectivity index (χ2n) is 4.77. The van der Waals surface area contributed by atoms with Gasteiger partial charge in [0.25, 0.3) is 5.91 Å². The van der Waals surface area contributed by atoms with Crippen molar-refractivity contribution < 1.29 is 14.3 Å². The maximum Gasteiger partial charge on any atom is 0.266 e. The fourth-order valence-electron chi connectivity index (χ4n) is 2.06. The summed E-state index contributed by atoms with van der Waals surface area (Å²) in [6.45, 7) is 0.865. The maximum absolute atomic E-state index is 11.9. The Labute approximate surface area is 128 Å². The van der Waals surface area contributed by atoms with E-state index in [1.807, 2.05) is 24.3 Å². The second-order valence-corrected chi connectivity index (χ2v) is 4.77. The predicted octanol–water partition coefficient (Wildman–Crippen LogP) is 0.445. The number of nitrogens with zero attached hydrogens (tertiary/aromatic N) is 2. The highest BCUT2D eigenvalue weighted by Gasteiger charge is 2.11. The molecule has 2 aromatic rings. The standard InChI is InChI=1S/C15H18N4O3/c1-22-10-12-4-2-3-11(7-12)8-17-14(20)9-19-13(15(16)21)5-6-18-19/h2-7H,8-10H2,1H3,(H2,16,21)(H,17,20). The van der Waals surface area contributed by atoms with Crippen LogP contribution < -0.4 is 11.1 Å².